The van der Waals surface area contributed by atoms with Crippen molar-refractivity contribution in [2.45, 2.75) is 6.61 Å². The molecule has 3 nitrogen and oxygen atoms in total. The Morgan fingerprint density at radius 1 is 1.18 bits per heavy atom. The lowest BCUT2D eigenvalue weighted by Crippen LogP contribution is -1.97. The highest BCUT2D eigenvalue weighted by atomic mass is 35.5. The first-order chi connectivity index (χ1) is 8.28. The highest BCUT2D eigenvalue weighted by Crippen LogP contribution is 2.16. The van der Waals surface area contributed by atoms with Crippen LogP contribution in [0.1, 0.15) is 5.56 Å². The molecule has 4 heteroatoms. The maximum Gasteiger partial charge on any atom is 0.215 e. The van der Waals surface area contributed by atoms with E-state index in [2.05, 4.69) is 4.98 Å². The molecule has 0 spiro atoms. The smallest absolute Gasteiger partial charge is 0.215 e. The van der Waals surface area contributed by atoms with Gasteiger partial charge in [0.25, 0.3) is 0 Å². The third-order valence-corrected chi connectivity index (χ3v) is 2.48. The first-order valence-electron chi connectivity index (χ1n) is 5.15. The fraction of sp³-hybridized carbons (Fsp3) is 0.154. The number of benzene rings is 1. The number of hydrogen-bond acceptors (Lipinski definition) is 3. The molecular formula is C13H12ClNO2. The van der Waals surface area contributed by atoms with Gasteiger partial charge in [-0.25, -0.2) is 4.98 Å². The zero-order valence-corrected chi connectivity index (χ0v) is 10.1. The van der Waals surface area contributed by atoms with Crippen LogP contribution in [-0.4, -0.2) is 12.1 Å². The Kier molecular flexibility index (Phi) is 3.83. The molecule has 1 aromatic carbocycles. The summed E-state index contributed by atoms with van der Waals surface area (Å²) in [6.07, 6.45) is 1.62. The minimum absolute atomic E-state index is 0.456. The summed E-state index contributed by atoms with van der Waals surface area (Å²) < 4.78 is 10.6. The number of methoxy groups -OCH3 is 1. The summed E-state index contributed by atoms with van der Waals surface area (Å²) in [5.74, 6) is 1.35. The monoisotopic (exact) mass is 249 g/mol. The number of halogens is 1. The Hall–Kier alpha value is -1.74. The Balaban J connectivity index is 1.97. The second-order valence-corrected chi connectivity index (χ2v) is 3.89. The number of hydrogen-bond donors (Lipinski definition) is 0. The number of rotatable bonds is 4. The first-order valence-corrected chi connectivity index (χ1v) is 5.53. The van der Waals surface area contributed by atoms with E-state index in [9.17, 15) is 0 Å². The van der Waals surface area contributed by atoms with Gasteiger partial charge < -0.3 is 9.47 Å². The van der Waals surface area contributed by atoms with Crippen LogP contribution in [0.25, 0.3) is 0 Å². The third kappa shape index (κ3) is 3.36. The molecule has 0 aliphatic carbocycles. The van der Waals surface area contributed by atoms with Crippen molar-refractivity contribution in [1.82, 2.24) is 4.98 Å². The van der Waals surface area contributed by atoms with Crippen molar-refractivity contribution >= 4 is 11.6 Å². The van der Waals surface area contributed by atoms with E-state index in [1.54, 1.807) is 25.4 Å². The molecule has 0 unspecified atom stereocenters. The molecule has 0 radical (unpaired) electrons. The van der Waals surface area contributed by atoms with Crippen LogP contribution >= 0.6 is 11.6 Å². The van der Waals surface area contributed by atoms with Crippen LogP contribution in [0.3, 0.4) is 0 Å². The number of pyridine rings is 1. The fourth-order valence-electron chi connectivity index (χ4n) is 1.34. The molecule has 1 aromatic heterocycles. The van der Waals surface area contributed by atoms with E-state index in [0.717, 1.165) is 11.3 Å². The summed E-state index contributed by atoms with van der Waals surface area (Å²) in [6.45, 7) is 0.456. The van der Waals surface area contributed by atoms with Crippen molar-refractivity contribution in [2.24, 2.45) is 0 Å². The molecule has 0 saturated carbocycles. The van der Waals surface area contributed by atoms with Crippen LogP contribution in [0.2, 0.25) is 5.02 Å². The highest BCUT2D eigenvalue weighted by Gasteiger charge is 1.98. The zero-order chi connectivity index (χ0) is 12.1. The molecule has 88 valence electrons. The predicted molar refractivity (Wildman–Crippen MR) is 66.6 cm³/mol. The van der Waals surface area contributed by atoms with Gasteiger partial charge in [0, 0.05) is 17.3 Å². The molecule has 2 rings (SSSR count). The van der Waals surface area contributed by atoms with Crippen molar-refractivity contribution in [2.75, 3.05) is 7.11 Å². The number of ether oxygens (including phenoxy) is 2. The van der Waals surface area contributed by atoms with E-state index in [0.29, 0.717) is 17.5 Å². The van der Waals surface area contributed by atoms with E-state index in [4.69, 9.17) is 21.1 Å². The molecule has 0 atom stereocenters. The summed E-state index contributed by atoms with van der Waals surface area (Å²) in [5.41, 5.74) is 1.05. The molecule has 0 saturated heterocycles. The summed E-state index contributed by atoms with van der Waals surface area (Å²) in [7, 11) is 1.64. The van der Waals surface area contributed by atoms with E-state index < -0.39 is 0 Å². The largest absolute Gasteiger partial charge is 0.497 e. The van der Waals surface area contributed by atoms with Crippen molar-refractivity contribution in [3.05, 3.63) is 53.2 Å². The quantitative estimate of drug-likeness (QED) is 0.833. The molecular weight excluding hydrogens is 238 g/mol. The lowest BCUT2D eigenvalue weighted by Gasteiger charge is -2.06. The lowest BCUT2D eigenvalue weighted by molar-refractivity contribution is 0.293. The second kappa shape index (κ2) is 5.55. The molecule has 0 amide bonds. The van der Waals surface area contributed by atoms with E-state index in [-0.39, 0.29) is 0 Å². The van der Waals surface area contributed by atoms with Crippen LogP contribution in [0.15, 0.2) is 42.6 Å². The second-order valence-electron chi connectivity index (χ2n) is 3.45. The van der Waals surface area contributed by atoms with Crippen LogP contribution in [0.4, 0.5) is 0 Å². The topological polar surface area (TPSA) is 31.4 Å². The molecule has 2 aromatic rings. The van der Waals surface area contributed by atoms with E-state index in [1.807, 2.05) is 24.3 Å². The fourth-order valence-corrected chi connectivity index (χ4v) is 1.49. The summed E-state index contributed by atoms with van der Waals surface area (Å²) in [5, 5.41) is 0.615. The molecule has 0 N–H and O–H groups in total. The van der Waals surface area contributed by atoms with E-state index in [1.165, 1.54) is 0 Å². The van der Waals surface area contributed by atoms with Crippen LogP contribution < -0.4 is 9.47 Å². The average molecular weight is 250 g/mol. The molecule has 0 fully saturated rings. The molecule has 17 heavy (non-hydrogen) atoms. The van der Waals surface area contributed by atoms with Gasteiger partial charge in [-0.05, 0) is 23.8 Å². The zero-order valence-electron chi connectivity index (χ0n) is 9.39. The number of aromatic nitrogens is 1. The number of nitrogens with zero attached hydrogens (tertiary/aromatic N) is 1. The van der Waals surface area contributed by atoms with Crippen LogP contribution in [0, 0.1) is 0 Å². The standard InChI is InChI=1S/C13H12ClNO2/c1-16-12-4-2-10(3-5-12)9-17-13-8-11(14)6-7-15-13/h2-8H,9H2,1H3. The SMILES string of the molecule is COc1ccc(COc2cc(Cl)ccn2)cc1. The van der Waals surface area contributed by atoms with E-state index >= 15 is 0 Å². The Bertz CT molecular complexity index is 485. The van der Waals surface area contributed by atoms with Crippen molar-refractivity contribution < 1.29 is 9.47 Å². The van der Waals surface area contributed by atoms with Gasteiger partial charge in [-0.15, -0.1) is 0 Å². The third-order valence-electron chi connectivity index (χ3n) is 2.24. The molecule has 0 aliphatic heterocycles. The van der Waals surface area contributed by atoms with Gasteiger partial charge in [0.1, 0.15) is 12.4 Å². The van der Waals surface area contributed by atoms with Gasteiger partial charge in [-0.1, -0.05) is 23.7 Å². The van der Waals surface area contributed by atoms with Crippen molar-refractivity contribution in [3.8, 4) is 11.6 Å². The van der Waals surface area contributed by atoms with Crippen LogP contribution in [0.5, 0.6) is 11.6 Å². The Morgan fingerprint density at radius 3 is 2.59 bits per heavy atom. The minimum atomic E-state index is 0.456. The Morgan fingerprint density at radius 2 is 1.94 bits per heavy atom. The molecule has 0 bridgehead atoms. The Labute approximate surface area is 105 Å². The van der Waals surface area contributed by atoms with Gasteiger partial charge in [0.2, 0.25) is 5.88 Å². The van der Waals surface area contributed by atoms with Crippen LogP contribution in [-0.2, 0) is 6.61 Å². The highest BCUT2D eigenvalue weighted by molar-refractivity contribution is 6.30. The van der Waals surface area contributed by atoms with Gasteiger partial charge in [-0.3, -0.25) is 0 Å². The predicted octanol–water partition coefficient (Wildman–Crippen LogP) is 3.32. The van der Waals surface area contributed by atoms with Gasteiger partial charge in [0.15, 0.2) is 0 Å². The average Bonchev–Trinajstić information content (AvgIpc) is 2.37. The van der Waals surface area contributed by atoms with Crippen molar-refractivity contribution in [1.29, 1.82) is 0 Å². The summed E-state index contributed by atoms with van der Waals surface area (Å²) in [4.78, 5) is 4.06. The molecule has 0 aliphatic rings. The minimum Gasteiger partial charge on any atom is -0.497 e. The molecule has 1 heterocycles. The van der Waals surface area contributed by atoms with Crippen molar-refractivity contribution in [3.63, 3.8) is 0 Å². The van der Waals surface area contributed by atoms with Gasteiger partial charge in [-0.2, -0.15) is 0 Å². The maximum atomic E-state index is 5.83. The normalized spacial score (nSPS) is 10.0. The van der Waals surface area contributed by atoms with Gasteiger partial charge in [0.05, 0.1) is 7.11 Å². The lowest BCUT2D eigenvalue weighted by atomic mass is 10.2. The summed E-state index contributed by atoms with van der Waals surface area (Å²) in [6, 6.07) is 11.1. The first kappa shape index (κ1) is 11.7. The van der Waals surface area contributed by atoms with Gasteiger partial charge >= 0.3 is 0 Å². The maximum absolute atomic E-state index is 5.83. The summed E-state index contributed by atoms with van der Waals surface area (Å²) >= 11 is 5.83.